The second kappa shape index (κ2) is 7.40. The number of carbonyl (C=O) groups is 1. The Hall–Kier alpha value is -2.14. The first-order valence-corrected chi connectivity index (χ1v) is 9.01. The Morgan fingerprint density at radius 2 is 2.16 bits per heavy atom. The van der Waals surface area contributed by atoms with Crippen molar-refractivity contribution in [2.45, 2.75) is 52.7 Å². The van der Waals surface area contributed by atoms with Gasteiger partial charge in [0.15, 0.2) is 0 Å². The third-order valence-electron chi connectivity index (χ3n) is 5.09. The number of nitrogens with zero attached hydrogens (tertiary/aromatic N) is 1. The van der Waals surface area contributed by atoms with Gasteiger partial charge < -0.3 is 14.6 Å². The van der Waals surface area contributed by atoms with Crippen LogP contribution in [-0.2, 0) is 16.1 Å². The topological polar surface area (TPSA) is 62.4 Å². The molecule has 2 aromatic rings. The van der Waals surface area contributed by atoms with Crippen LogP contribution in [0.1, 0.15) is 42.9 Å². The molecule has 0 bridgehead atoms. The number of carbonyl (C=O) groups excluding carboxylic acids is 1. The molecule has 134 valence electrons. The van der Waals surface area contributed by atoms with E-state index in [0.717, 1.165) is 41.5 Å². The van der Waals surface area contributed by atoms with E-state index >= 15 is 0 Å². The summed E-state index contributed by atoms with van der Waals surface area (Å²) in [5.41, 5.74) is 3.61. The van der Waals surface area contributed by atoms with Crippen LogP contribution in [0.15, 0.2) is 23.0 Å². The first kappa shape index (κ1) is 17.7. The largest absolute Gasteiger partial charge is 0.376 e. The van der Waals surface area contributed by atoms with Crippen LogP contribution >= 0.6 is 0 Å². The van der Waals surface area contributed by atoms with E-state index in [-0.39, 0.29) is 17.6 Å². The lowest BCUT2D eigenvalue weighted by Crippen LogP contribution is -2.37. The van der Waals surface area contributed by atoms with Crippen molar-refractivity contribution < 1.29 is 9.53 Å². The van der Waals surface area contributed by atoms with Crippen LogP contribution in [0.4, 0.5) is 0 Å². The number of hydrogen-bond acceptors (Lipinski definition) is 3. The van der Waals surface area contributed by atoms with Gasteiger partial charge in [-0.15, -0.1) is 0 Å². The zero-order valence-electron chi connectivity index (χ0n) is 15.2. The average Bonchev–Trinajstić information content (AvgIpc) is 3.11. The number of nitrogens with one attached hydrogen (secondary N) is 1. The molecule has 1 fully saturated rings. The van der Waals surface area contributed by atoms with Crippen LogP contribution in [-0.4, -0.2) is 35.0 Å². The van der Waals surface area contributed by atoms with Gasteiger partial charge in [0.25, 0.3) is 5.56 Å². The summed E-state index contributed by atoms with van der Waals surface area (Å²) >= 11 is 0. The minimum absolute atomic E-state index is 0.0510. The van der Waals surface area contributed by atoms with Crippen molar-refractivity contribution in [1.82, 2.24) is 9.88 Å². The van der Waals surface area contributed by atoms with E-state index in [9.17, 15) is 9.59 Å². The van der Waals surface area contributed by atoms with Gasteiger partial charge in [-0.2, -0.15) is 0 Å². The molecular formula is C20H26N2O3. The molecule has 0 radical (unpaired) electrons. The van der Waals surface area contributed by atoms with Crippen LogP contribution < -0.4 is 5.56 Å². The first-order valence-electron chi connectivity index (χ1n) is 9.01. The predicted molar refractivity (Wildman–Crippen MR) is 98.7 cm³/mol. The lowest BCUT2D eigenvalue weighted by atomic mass is 10.0. The second-order valence-corrected chi connectivity index (χ2v) is 6.86. The van der Waals surface area contributed by atoms with Gasteiger partial charge in [-0.1, -0.05) is 19.1 Å². The Morgan fingerprint density at radius 3 is 2.84 bits per heavy atom. The molecule has 0 saturated carbocycles. The van der Waals surface area contributed by atoms with Crippen LogP contribution in [0.2, 0.25) is 0 Å². The van der Waals surface area contributed by atoms with Crippen molar-refractivity contribution in [3.63, 3.8) is 0 Å². The van der Waals surface area contributed by atoms with Crippen LogP contribution in [0.5, 0.6) is 0 Å². The number of aryl methyl sites for hydroxylation is 2. The molecule has 1 amide bonds. The molecule has 0 aliphatic carbocycles. The molecule has 1 aromatic heterocycles. The maximum atomic E-state index is 12.6. The quantitative estimate of drug-likeness (QED) is 0.908. The molecule has 1 atom stereocenters. The fourth-order valence-electron chi connectivity index (χ4n) is 3.41. The zero-order chi connectivity index (χ0) is 18.0. The Labute approximate surface area is 148 Å². The predicted octanol–water partition coefficient (Wildman–Crippen LogP) is 3.06. The molecule has 2 heterocycles. The number of aromatic amines is 1. The van der Waals surface area contributed by atoms with Crippen molar-refractivity contribution >= 4 is 16.8 Å². The highest BCUT2D eigenvalue weighted by molar-refractivity contribution is 5.83. The Morgan fingerprint density at radius 1 is 1.36 bits per heavy atom. The first-order chi connectivity index (χ1) is 12.0. The summed E-state index contributed by atoms with van der Waals surface area (Å²) in [4.78, 5) is 29.6. The van der Waals surface area contributed by atoms with Crippen molar-refractivity contribution in [3.8, 4) is 0 Å². The summed E-state index contributed by atoms with van der Waals surface area (Å²) < 4.78 is 5.67. The molecule has 25 heavy (non-hydrogen) atoms. The number of pyridine rings is 1. The third-order valence-corrected chi connectivity index (χ3v) is 5.09. The molecule has 1 aliphatic rings. The van der Waals surface area contributed by atoms with E-state index in [4.69, 9.17) is 4.74 Å². The Kier molecular flexibility index (Phi) is 5.23. The molecule has 5 heteroatoms. The molecule has 1 aliphatic heterocycles. The smallest absolute Gasteiger partial charge is 0.253 e. The van der Waals surface area contributed by atoms with Crippen molar-refractivity contribution in [1.29, 1.82) is 0 Å². The summed E-state index contributed by atoms with van der Waals surface area (Å²) in [6, 6.07) is 5.98. The van der Waals surface area contributed by atoms with Gasteiger partial charge in [0.05, 0.1) is 18.2 Å². The molecule has 1 N–H and O–H groups in total. The van der Waals surface area contributed by atoms with Gasteiger partial charge in [0.1, 0.15) is 0 Å². The van der Waals surface area contributed by atoms with Gasteiger partial charge in [-0.25, -0.2) is 0 Å². The Bertz CT molecular complexity index is 835. The highest BCUT2D eigenvalue weighted by atomic mass is 16.5. The summed E-state index contributed by atoms with van der Waals surface area (Å²) in [6.45, 7) is 7.53. The minimum Gasteiger partial charge on any atom is -0.376 e. The van der Waals surface area contributed by atoms with E-state index in [1.54, 1.807) is 4.90 Å². The number of amides is 1. The minimum atomic E-state index is -0.123. The van der Waals surface area contributed by atoms with Gasteiger partial charge in [0.2, 0.25) is 5.91 Å². The maximum absolute atomic E-state index is 12.6. The maximum Gasteiger partial charge on any atom is 0.253 e. The van der Waals surface area contributed by atoms with Crippen molar-refractivity contribution in [3.05, 3.63) is 45.2 Å². The SMILES string of the molecule is CCC(=O)N(Cc1cc2ccc(C)c(C)c2[nH]c1=O)CC1CCCO1. The van der Waals surface area contributed by atoms with Crippen LogP contribution in [0.25, 0.3) is 10.9 Å². The number of fused-ring (bicyclic) bond motifs is 1. The monoisotopic (exact) mass is 342 g/mol. The fraction of sp³-hybridized carbons (Fsp3) is 0.500. The molecule has 1 unspecified atom stereocenters. The standard InChI is InChI=1S/C20H26N2O3/c1-4-18(23)22(12-17-6-5-9-25-17)11-16-10-15-8-7-13(2)14(3)19(15)21-20(16)24/h7-8,10,17H,4-6,9,11-12H2,1-3H3,(H,21,24). The number of benzene rings is 1. The molecular weight excluding hydrogens is 316 g/mol. The second-order valence-electron chi connectivity index (χ2n) is 6.86. The highest BCUT2D eigenvalue weighted by Crippen LogP contribution is 2.20. The molecule has 1 saturated heterocycles. The number of rotatable bonds is 5. The van der Waals surface area contributed by atoms with E-state index in [1.807, 2.05) is 32.9 Å². The summed E-state index contributed by atoms with van der Waals surface area (Å²) in [6.07, 6.45) is 2.52. The van der Waals surface area contributed by atoms with Crippen molar-refractivity contribution in [2.75, 3.05) is 13.2 Å². The summed E-state index contributed by atoms with van der Waals surface area (Å²) in [5, 5.41) is 0.999. The number of hydrogen-bond donors (Lipinski definition) is 1. The van der Waals surface area contributed by atoms with Gasteiger partial charge in [-0.05, 0) is 49.3 Å². The molecule has 0 spiro atoms. The highest BCUT2D eigenvalue weighted by Gasteiger charge is 2.22. The van der Waals surface area contributed by atoms with Gasteiger partial charge in [0, 0.05) is 25.1 Å². The van der Waals surface area contributed by atoms with E-state index in [1.165, 1.54) is 0 Å². The van der Waals surface area contributed by atoms with Crippen LogP contribution in [0.3, 0.4) is 0 Å². The molecule has 5 nitrogen and oxygen atoms in total. The number of aromatic nitrogens is 1. The Balaban J connectivity index is 1.90. The summed E-state index contributed by atoms with van der Waals surface area (Å²) in [5.74, 6) is 0.0510. The average molecular weight is 342 g/mol. The molecule has 3 rings (SSSR count). The third kappa shape index (κ3) is 3.76. The summed E-state index contributed by atoms with van der Waals surface area (Å²) in [7, 11) is 0. The van der Waals surface area contributed by atoms with Gasteiger partial charge in [-0.3, -0.25) is 9.59 Å². The zero-order valence-corrected chi connectivity index (χ0v) is 15.2. The van der Waals surface area contributed by atoms with Gasteiger partial charge >= 0.3 is 0 Å². The van der Waals surface area contributed by atoms with Crippen molar-refractivity contribution in [2.24, 2.45) is 0 Å². The number of ether oxygens (including phenoxy) is 1. The van der Waals surface area contributed by atoms with E-state index < -0.39 is 0 Å². The lowest BCUT2D eigenvalue weighted by Gasteiger charge is -2.25. The van der Waals surface area contributed by atoms with E-state index in [0.29, 0.717) is 25.1 Å². The van der Waals surface area contributed by atoms with E-state index in [2.05, 4.69) is 11.1 Å². The number of H-pyrrole nitrogens is 1. The normalized spacial score (nSPS) is 17.2. The molecule has 1 aromatic carbocycles. The fourth-order valence-corrected chi connectivity index (χ4v) is 3.41. The lowest BCUT2D eigenvalue weighted by molar-refractivity contribution is -0.133. The van der Waals surface area contributed by atoms with Crippen LogP contribution in [0, 0.1) is 13.8 Å².